The molecular weight excluding hydrogens is 252 g/mol. The van der Waals surface area contributed by atoms with Crippen LogP contribution in [0.1, 0.15) is 11.3 Å². The first-order valence-electron chi connectivity index (χ1n) is 4.11. The molecule has 1 aromatic rings. The van der Waals surface area contributed by atoms with Crippen LogP contribution in [-0.4, -0.2) is 24.0 Å². The minimum atomic E-state index is -4.78. The van der Waals surface area contributed by atoms with Gasteiger partial charge in [-0.15, -0.1) is 3.89 Å². The fourth-order valence-corrected chi connectivity index (χ4v) is 1.65. The third kappa shape index (κ3) is 3.47. The normalized spacial score (nSPS) is 13.1. The molecule has 9 heteroatoms. The molecule has 0 bridgehead atoms. The van der Waals surface area contributed by atoms with Crippen LogP contribution in [0.2, 0.25) is 0 Å². The van der Waals surface area contributed by atoms with E-state index in [1.165, 1.54) is 7.05 Å². The molecule has 0 aliphatic rings. The van der Waals surface area contributed by atoms with E-state index in [1.54, 1.807) is 0 Å². The smallest absolute Gasteiger partial charge is 0.275 e. The van der Waals surface area contributed by atoms with Crippen molar-refractivity contribution in [2.45, 2.75) is 12.6 Å². The summed E-state index contributed by atoms with van der Waals surface area (Å²) in [6.45, 7) is 0. The molecular formula is C7H8F4N2O2S. The Balaban J connectivity index is 2.96. The quantitative estimate of drug-likeness (QED) is 0.607. The van der Waals surface area contributed by atoms with E-state index in [2.05, 4.69) is 5.10 Å². The second kappa shape index (κ2) is 4.04. The van der Waals surface area contributed by atoms with Crippen LogP contribution in [0.15, 0.2) is 6.20 Å². The lowest BCUT2D eigenvalue weighted by Crippen LogP contribution is -2.11. The van der Waals surface area contributed by atoms with E-state index in [4.69, 9.17) is 0 Å². The van der Waals surface area contributed by atoms with Gasteiger partial charge in [-0.2, -0.15) is 26.7 Å². The van der Waals surface area contributed by atoms with Crippen LogP contribution >= 0.6 is 0 Å². The number of rotatable bonds is 3. The summed E-state index contributed by atoms with van der Waals surface area (Å²) in [5, 5.41) is 3.16. The largest absolute Gasteiger partial charge is 0.435 e. The topological polar surface area (TPSA) is 52.0 Å². The summed E-state index contributed by atoms with van der Waals surface area (Å²) in [6, 6.07) is 0. The second-order valence-corrected chi connectivity index (χ2v) is 4.65. The fraction of sp³-hybridized carbons (Fsp3) is 0.571. The van der Waals surface area contributed by atoms with Gasteiger partial charge in [-0.1, -0.05) is 0 Å². The molecule has 0 saturated heterocycles. The molecule has 0 aliphatic carbocycles. The number of nitrogens with zero attached hydrogens (tertiary/aromatic N) is 2. The van der Waals surface area contributed by atoms with E-state index < -0.39 is 34.3 Å². The molecule has 16 heavy (non-hydrogen) atoms. The van der Waals surface area contributed by atoms with Crippen LogP contribution in [0.5, 0.6) is 0 Å². The van der Waals surface area contributed by atoms with Gasteiger partial charge in [0, 0.05) is 18.8 Å². The molecule has 0 spiro atoms. The van der Waals surface area contributed by atoms with Crippen LogP contribution in [0.25, 0.3) is 0 Å². The Labute approximate surface area is 89.1 Å². The van der Waals surface area contributed by atoms with Gasteiger partial charge in [0.05, 0.1) is 5.75 Å². The van der Waals surface area contributed by atoms with Crippen LogP contribution in [0, 0.1) is 0 Å². The Morgan fingerprint density at radius 2 is 2.00 bits per heavy atom. The van der Waals surface area contributed by atoms with Gasteiger partial charge in [0.1, 0.15) is 0 Å². The zero-order valence-electron chi connectivity index (χ0n) is 8.12. The van der Waals surface area contributed by atoms with Crippen molar-refractivity contribution in [1.29, 1.82) is 0 Å². The van der Waals surface area contributed by atoms with E-state index >= 15 is 0 Å². The Bertz CT molecular complexity index is 477. The molecule has 1 heterocycles. The minimum absolute atomic E-state index is 0.337. The molecule has 0 N–H and O–H groups in total. The third-order valence-electron chi connectivity index (χ3n) is 1.79. The zero-order chi connectivity index (χ0) is 12.6. The number of aromatic nitrogens is 2. The van der Waals surface area contributed by atoms with Gasteiger partial charge in [0.2, 0.25) is 0 Å². The second-order valence-electron chi connectivity index (χ2n) is 3.17. The van der Waals surface area contributed by atoms with Crippen molar-refractivity contribution in [3.8, 4) is 0 Å². The number of aryl methyl sites for hydroxylation is 2. The molecule has 0 aromatic carbocycles. The van der Waals surface area contributed by atoms with Crippen molar-refractivity contribution in [2.75, 3.05) is 5.75 Å². The molecule has 0 amide bonds. The molecule has 0 unspecified atom stereocenters. The maximum absolute atomic E-state index is 12.4. The molecule has 4 nitrogen and oxygen atoms in total. The molecule has 0 aliphatic heterocycles. The van der Waals surface area contributed by atoms with Gasteiger partial charge in [-0.25, -0.2) is 0 Å². The molecule has 1 aromatic heterocycles. The van der Waals surface area contributed by atoms with E-state index in [0.29, 0.717) is 0 Å². The molecule has 0 fully saturated rings. The Kier molecular flexibility index (Phi) is 3.27. The van der Waals surface area contributed by atoms with E-state index in [9.17, 15) is 25.5 Å². The highest BCUT2D eigenvalue weighted by atomic mass is 32.3. The molecule has 92 valence electrons. The van der Waals surface area contributed by atoms with Crippen molar-refractivity contribution >= 4 is 10.2 Å². The summed E-state index contributed by atoms with van der Waals surface area (Å²) in [4.78, 5) is 0. The Morgan fingerprint density at radius 1 is 1.44 bits per heavy atom. The molecule has 0 saturated carbocycles. The number of hydrogen-bond donors (Lipinski definition) is 0. The van der Waals surface area contributed by atoms with Gasteiger partial charge in [0.25, 0.3) is 0 Å². The highest BCUT2D eigenvalue weighted by Crippen LogP contribution is 2.30. The predicted octanol–water partition coefficient (Wildman–Crippen LogP) is 1.28. The lowest BCUT2D eigenvalue weighted by molar-refractivity contribution is -0.142. The summed E-state index contributed by atoms with van der Waals surface area (Å²) in [5.41, 5.74) is -1.52. The van der Waals surface area contributed by atoms with Crippen LogP contribution < -0.4 is 0 Å². The first-order valence-corrected chi connectivity index (χ1v) is 5.67. The van der Waals surface area contributed by atoms with Crippen molar-refractivity contribution < 1.29 is 25.5 Å². The lowest BCUT2D eigenvalue weighted by Gasteiger charge is -2.04. The monoisotopic (exact) mass is 260 g/mol. The van der Waals surface area contributed by atoms with Gasteiger partial charge >= 0.3 is 16.4 Å². The maximum Gasteiger partial charge on any atom is 0.435 e. The average Bonchev–Trinajstić information content (AvgIpc) is 2.41. The third-order valence-corrected chi connectivity index (χ3v) is 2.48. The Hall–Kier alpha value is -1.12. The van der Waals surface area contributed by atoms with Gasteiger partial charge < -0.3 is 0 Å². The predicted molar refractivity (Wildman–Crippen MR) is 46.8 cm³/mol. The van der Waals surface area contributed by atoms with E-state index in [0.717, 1.165) is 10.9 Å². The standard InChI is InChI=1S/C7H8F4N2O2S/c1-13-4-5(2-3-16(11,14)15)6(12-13)7(8,9)10/h4H,2-3H2,1H3. The summed E-state index contributed by atoms with van der Waals surface area (Å²) < 4.78 is 70.6. The van der Waals surface area contributed by atoms with Gasteiger partial charge in [-0.3, -0.25) is 4.68 Å². The highest BCUT2D eigenvalue weighted by molar-refractivity contribution is 7.86. The van der Waals surface area contributed by atoms with Crippen molar-refractivity contribution in [3.05, 3.63) is 17.5 Å². The minimum Gasteiger partial charge on any atom is -0.275 e. The number of alkyl halides is 3. The van der Waals surface area contributed by atoms with Crippen LogP contribution in [0.3, 0.4) is 0 Å². The fourth-order valence-electron chi connectivity index (χ4n) is 1.19. The van der Waals surface area contributed by atoms with Crippen molar-refractivity contribution in [2.24, 2.45) is 7.05 Å². The Morgan fingerprint density at radius 3 is 2.44 bits per heavy atom. The van der Waals surface area contributed by atoms with Crippen LogP contribution in [0.4, 0.5) is 17.1 Å². The molecule has 0 atom stereocenters. The summed E-state index contributed by atoms with van der Waals surface area (Å²) in [7, 11) is -3.51. The lowest BCUT2D eigenvalue weighted by atomic mass is 10.2. The summed E-state index contributed by atoms with van der Waals surface area (Å²) >= 11 is 0. The summed E-state index contributed by atoms with van der Waals surface area (Å²) in [5.74, 6) is -0.984. The molecule has 1 rings (SSSR count). The number of halogens is 4. The van der Waals surface area contributed by atoms with Gasteiger partial charge in [0.15, 0.2) is 5.69 Å². The highest BCUT2D eigenvalue weighted by Gasteiger charge is 2.36. The zero-order valence-corrected chi connectivity index (χ0v) is 8.94. The van der Waals surface area contributed by atoms with Crippen molar-refractivity contribution in [1.82, 2.24) is 9.78 Å². The number of hydrogen-bond acceptors (Lipinski definition) is 3. The van der Waals surface area contributed by atoms with Gasteiger partial charge in [-0.05, 0) is 6.42 Å². The van der Waals surface area contributed by atoms with Crippen molar-refractivity contribution in [3.63, 3.8) is 0 Å². The SMILES string of the molecule is Cn1cc(CCS(=O)(=O)F)c(C(F)(F)F)n1. The summed E-state index contributed by atoms with van der Waals surface area (Å²) in [6.07, 6.45) is -4.20. The average molecular weight is 260 g/mol. The van der Waals surface area contributed by atoms with E-state index in [-0.39, 0.29) is 5.56 Å². The van der Waals surface area contributed by atoms with Crippen LogP contribution in [-0.2, 0) is 29.9 Å². The maximum atomic E-state index is 12.4. The molecule has 0 radical (unpaired) electrons. The first-order chi connectivity index (χ1) is 7.09. The first kappa shape index (κ1) is 12.9. The van der Waals surface area contributed by atoms with E-state index in [1.807, 2.05) is 0 Å².